The van der Waals surface area contributed by atoms with Crippen molar-refractivity contribution in [3.05, 3.63) is 118 Å². The Labute approximate surface area is 358 Å². The topological polar surface area (TPSA) is 165 Å². The zero-order valence-electron chi connectivity index (χ0n) is 33.0. The molecule has 0 bridgehead atoms. The van der Waals surface area contributed by atoms with Crippen molar-refractivity contribution in [2.75, 3.05) is 41.4 Å². The van der Waals surface area contributed by atoms with E-state index < -0.39 is 23.8 Å². The number of rotatable bonds is 6. The molecule has 3 aromatic carbocycles. The average Bonchev–Trinajstić information content (AvgIpc) is 4.05. The van der Waals surface area contributed by atoms with E-state index in [0.29, 0.717) is 68.1 Å². The van der Waals surface area contributed by atoms with Crippen LogP contribution in [0.3, 0.4) is 0 Å². The Balaban J connectivity index is 0.000000144. The molecule has 2 N–H and O–H groups in total. The first kappa shape index (κ1) is 42.9. The molecule has 0 saturated carbocycles. The predicted octanol–water partition coefficient (Wildman–Crippen LogP) is 7.03. The molecular weight excluding hydrogens is 839 g/mol. The summed E-state index contributed by atoms with van der Waals surface area (Å²) in [4.78, 5) is 52.7. The van der Waals surface area contributed by atoms with Gasteiger partial charge in [-0.15, -0.1) is 0 Å². The summed E-state index contributed by atoms with van der Waals surface area (Å²) >= 11 is 11.4. The van der Waals surface area contributed by atoms with Gasteiger partial charge < -0.3 is 24.4 Å². The number of nitrogens with zero attached hydrogens (tertiary/aromatic N) is 7. The van der Waals surface area contributed by atoms with Gasteiger partial charge in [-0.05, 0) is 61.9 Å². The van der Waals surface area contributed by atoms with E-state index in [1.54, 1.807) is 52.5 Å². The Hall–Kier alpha value is -6.24. The lowest BCUT2D eigenvalue weighted by Crippen LogP contribution is -2.46. The number of ether oxygens (including phenoxy) is 3. The lowest BCUT2D eigenvalue weighted by molar-refractivity contribution is -0.134. The van der Waals surface area contributed by atoms with E-state index in [9.17, 15) is 28.0 Å². The summed E-state index contributed by atoms with van der Waals surface area (Å²) in [5.41, 5.74) is 4.44. The third kappa shape index (κ3) is 10.2. The molecule has 2 fully saturated rings. The number of carbonyl (C=O) groups excluding carboxylic acids is 4. The Morgan fingerprint density at radius 2 is 1.44 bits per heavy atom. The van der Waals surface area contributed by atoms with Crippen LogP contribution in [0.2, 0.25) is 10.0 Å². The molecule has 4 aliphatic heterocycles. The number of cyclic esters (lactones) is 2. The summed E-state index contributed by atoms with van der Waals surface area (Å²) in [6, 6.07) is 17.1. The number of benzene rings is 3. The number of carbonyl (C=O) groups is 4. The van der Waals surface area contributed by atoms with E-state index in [4.69, 9.17) is 37.4 Å². The van der Waals surface area contributed by atoms with Crippen LogP contribution in [0.25, 0.3) is 0 Å². The van der Waals surface area contributed by atoms with Crippen molar-refractivity contribution in [1.29, 1.82) is 0 Å². The summed E-state index contributed by atoms with van der Waals surface area (Å²) in [5.74, 6) is -0.723. The Morgan fingerprint density at radius 3 is 2.05 bits per heavy atom. The Kier molecular flexibility index (Phi) is 13.3. The van der Waals surface area contributed by atoms with Crippen LogP contribution >= 0.6 is 23.2 Å². The van der Waals surface area contributed by atoms with Crippen molar-refractivity contribution in [3.63, 3.8) is 0 Å². The van der Waals surface area contributed by atoms with Gasteiger partial charge in [0.25, 0.3) is 0 Å². The smallest absolute Gasteiger partial charge is 0.417 e. The van der Waals surface area contributed by atoms with E-state index in [1.165, 1.54) is 35.2 Å². The molecule has 2 aromatic heterocycles. The van der Waals surface area contributed by atoms with E-state index in [2.05, 4.69) is 27.8 Å². The predicted molar refractivity (Wildman–Crippen MR) is 221 cm³/mol. The Morgan fingerprint density at radius 1 is 0.836 bits per heavy atom. The fourth-order valence-corrected chi connectivity index (χ4v) is 7.35. The van der Waals surface area contributed by atoms with Crippen LogP contribution in [0, 0.1) is 11.6 Å². The maximum absolute atomic E-state index is 13.3. The van der Waals surface area contributed by atoms with Gasteiger partial charge in [-0.25, -0.2) is 23.2 Å². The molecule has 4 amide bonds. The average molecular weight is 881 g/mol. The summed E-state index contributed by atoms with van der Waals surface area (Å²) in [5, 5.41) is 14.4. The molecule has 6 heterocycles. The van der Waals surface area contributed by atoms with Crippen molar-refractivity contribution < 1.29 is 42.2 Å². The second kappa shape index (κ2) is 19.0. The van der Waals surface area contributed by atoms with Gasteiger partial charge in [0.1, 0.15) is 30.6 Å². The number of hydrogen-bond acceptors (Lipinski definition) is 10. The van der Waals surface area contributed by atoms with E-state index in [0.717, 1.165) is 30.2 Å². The van der Waals surface area contributed by atoms with Gasteiger partial charge in [0.15, 0.2) is 0 Å². The third-order valence-corrected chi connectivity index (χ3v) is 10.7. The molecule has 0 spiro atoms. The van der Waals surface area contributed by atoms with Gasteiger partial charge in [0, 0.05) is 24.3 Å². The standard InChI is InChI=1S/C18H18ClFN4O3.C13H9ClFNO2.C10H14N4O2/c1-11-9-24-16(15(8-21-24)22-4-5-27-18(22)26)10-23(11)17(25)7-12-2-3-14(20)13(19)6-12;14-11-8-9(6-7-12(11)15)16-13(17)18-10-4-2-1-3-5-10;1-7-6-14-9(4-11-7)8(5-12-14)13-2-3-16-10(13)15/h2-3,6,8,11H,4-5,7,9-10H2,1H3;1-8H,(H,16,17);5,7,11H,2-4,6H2,1H3. The van der Waals surface area contributed by atoms with Gasteiger partial charge >= 0.3 is 18.3 Å². The minimum absolute atomic E-state index is 0.0000916. The van der Waals surface area contributed by atoms with Gasteiger partial charge in [0.2, 0.25) is 5.91 Å². The quantitative estimate of drug-likeness (QED) is 0.181. The van der Waals surface area contributed by atoms with Crippen LogP contribution in [0.15, 0.2) is 79.1 Å². The molecule has 320 valence electrons. The fourth-order valence-electron chi connectivity index (χ4n) is 6.97. The number of amides is 4. The molecule has 0 aliphatic carbocycles. The van der Waals surface area contributed by atoms with Crippen LogP contribution < -0.4 is 25.2 Å². The van der Waals surface area contributed by atoms with Gasteiger partial charge in [-0.2, -0.15) is 10.2 Å². The van der Waals surface area contributed by atoms with E-state index >= 15 is 0 Å². The second-order valence-electron chi connectivity index (χ2n) is 14.4. The van der Waals surface area contributed by atoms with E-state index in [1.807, 2.05) is 22.4 Å². The molecular formula is C41H41Cl2F2N9O7. The molecule has 20 heteroatoms. The van der Waals surface area contributed by atoms with Gasteiger partial charge in [-0.1, -0.05) is 47.5 Å². The first-order valence-corrected chi connectivity index (χ1v) is 20.0. The van der Waals surface area contributed by atoms with Crippen LogP contribution in [0.1, 0.15) is 30.8 Å². The molecule has 9 rings (SSSR count). The molecule has 2 saturated heterocycles. The lowest BCUT2D eigenvalue weighted by Gasteiger charge is -2.35. The van der Waals surface area contributed by atoms with Crippen molar-refractivity contribution >= 4 is 64.5 Å². The normalized spacial score (nSPS) is 17.8. The first-order valence-electron chi connectivity index (χ1n) is 19.3. The van der Waals surface area contributed by atoms with Crippen molar-refractivity contribution in [2.45, 2.75) is 58.5 Å². The molecule has 4 aliphatic rings. The number of hydrogen-bond donors (Lipinski definition) is 2. The van der Waals surface area contributed by atoms with Crippen LogP contribution in [-0.2, 0) is 46.9 Å². The number of aromatic nitrogens is 4. The van der Waals surface area contributed by atoms with Crippen molar-refractivity contribution in [2.24, 2.45) is 0 Å². The van der Waals surface area contributed by atoms with Crippen LogP contribution in [0.4, 0.5) is 40.2 Å². The summed E-state index contributed by atoms with van der Waals surface area (Å²) < 4.78 is 45.0. The van der Waals surface area contributed by atoms with Crippen LogP contribution in [-0.4, -0.2) is 87.0 Å². The molecule has 2 unspecified atom stereocenters. The maximum Gasteiger partial charge on any atom is 0.417 e. The number of nitrogens with one attached hydrogen (secondary N) is 2. The fraction of sp³-hybridized carbons (Fsp3) is 0.317. The molecule has 2 atom stereocenters. The number of anilines is 3. The maximum atomic E-state index is 13.3. The highest BCUT2D eigenvalue weighted by Crippen LogP contribution is 2.30. The summed E-state index contributed by atoms with van der Waals surface area (Å²) in [7, 11) is 0. The monoisotopic (exact) mass is 879 g/mol. The SMILES string of the molecule is CC1Cn2ncc(N3CCOC3=O)c2CN1.CC1Cn2ncc(N3CCOC3=O)c2CN1C(=O)Cc1ccc(F)c(Cl)c1.O=C(Nc1ccc(F)c(Cl)c1)Oc1ccccc1. The molecule has 5 aromatic rings. The van der Waals surface area contributed by atoms with Crippen LogP contribution in [0.5, 0.6) is 5.75 Å². The minimum atomic E-state index is -0.663. The highest BCUT2D eigenvalue weighted by atomic mass is 35.5. The molecule has 16 nitrogen and oxygen atoms in total. The van der Waals surface area contributed by atoms with Gasteiger partial charge in [-0.3, -0.25) is 29.3 Å². The highest BCUT2D eigenvalue weighted by molar-refractivity contribution is 6.31. The van der Waals surface area contributed by atoms with Crippen molar-refractivity contribution in [1.82, 2.24) is 29.8 Å². The third-order valence-electron chi connectivity index (χ3n) is 10.1. The zero-order valence-corrected chi connectivity index (χ0v) is 34.5. The van der Waals surface area contributed by atoms with E-state index in [-0.39, 0.29) is 34.5 Å². The van der Waals surface area contributed by atoms with Crippen molar-refractivity contribution in [3.8, 4) is 5.75 Å². The Bertz CT molecular complexity index is 2420. The lowest BCUT2D eigenvalue weighted by atomic mass is 10.1. The number of para-hydroxylation sites is 1. The second-order valence-corrected chi connectivity index (χ2v) is 15.2. The largest absolute Gasteiger partial charge is 0.447 e. The molecule has 0 radical (unpaired) electrons. The zero-order chi connectivity index (χ0) is 43.2. The number of halogens is 4. The summed E-state index contributed by atoms with van der Waals surface area (Å²) in [6.45, 7) is 8.43. The minimum Gasteiger partial charge on any atom is -0.447 e. The highest BCUT2D eigenvalue weighted by Gasteiger charge is 2.34. The number of fused-ring (bicyclic) bond motifs is 2. The summed E-state index contributed by atoms with van der Waals surface area (Å²) in [6.07, 6.45) is 2.19. The molecule has 61 heavy (non-hydrogen) atoms. The first-order chi connectivity index (χ1) is 29.3. The van der Waals surface area contributed by atoms with Gasteiger partial charge in [0.05, 0.1) is 84.3 Å².